The third kappa shape index (κ3) is 1.41. The number of aldehydes is 1. The molecular weight excluding hydrogens is 206 g/mol. The molecule has 0 radical (unpaired) electrons. The number of nitrogen functional groups attached to an aromatic ring is 1. The normalized spacial score (nSPS) is 10.5. The summed E-state index contributed by atoms with van der Waals surface area (Å²) in [5.74, 6) is 0. The van der Waals surface area contributed by atoms with Gasteiger partial charge in [-0.2, -0.15) is 0 Å². The van der Waals surface area contributed by atoms with Gasteiger partial charge in [0.25, 0.3) is 0 Å². The van der Waals surface area contributed by atoms with Crippen LogP contribution in [0.2, 0.25) is 5.02 Å². The number of anilines is 1. The van der Waals surface area contributed by atoms with E-state index in [1.165, 1.54) is 11.3 Å². The van der Waals surface area contributed by atoms with Crippen LogP contribution in [-0.4, -0.2) is 6.29 Å². The molecular formula is C9H6ClNOS. The predicted molar refractivity (Wildman–Crippen MR) is 56.6 cm³/mol. The summed E-state index contributed by atoms with van der Waals surface area (Å²) in [6.07, 6.45) is 0.817. The largest absolute Gasteiger partial charge is 0.399 e. The van der Waals surface area contributed by atoms with Crippen LogP contribution in [-0.2, 0) is 0 Å². The van der Waals surface area contributed by atoms with E-state index in [0.717, 1.165) is 16.4 Å². The highest BCUT2D eigenvalue weighted by Gasteiger charge is 2.05. The number of benzene rings is 1. The van der Waals surface area contributed by atoms with Crippen molar-refractivity contribution in [3.05, 3.63) is 28.1 Å². The van der Waals surface area contributed by atoms with Crippen LogP contribution in [0, 0.1) is 0 Å². The van der Waals surface area contributed by atoms with Crippen LogP contribution in [0.1, 0.15) is 9.67 Å². The molecule has 4 heteroatoms. The average molecular weight is 212 g/mol. The molecule has 1 aromatic carbocycles. The minimum Gasteiger partial charge on any atom is -0.399 e. The van der Waals surface area contributed by atoms with Gasteiger partial charge >= 0.3 is 0 Å². The maximum absolute atomic E-state index is 10.5. The zero-order valence-corrected chi connectivity index (χ0v) is 8.15. The lowest BCUT2D eigenvalue weighted by atomic mass is 10.2. The van der Waals surface area contributed by atoms with Gasteiger partial charge in [0.05, 0.1) is 14.6 Å². The molecule has 0 atom stereocenters. The van der Waals surface area contributed by atoms with E-state index in [-0.39, 0.29) is 0 Å². The zero-order valence-electron chi connectivity index (χ0n) is 6.58. The molecule has 0 unspecified atom stereocenters. The first kappa shape index (κ1) is 8.53. The topological polar surface area (TPSA) is 43.1 Å². The van der Waals surface area contributed by atoms with Crippen LogP contribution in [0.15, 0.2) is 18.2 Å². The monoisotopic (exact) mass is 211 g/mol. The van der Waals surface area contributed by atoms with E-state index in [1.54, 1.807) is 12.1 Å². The molecule has 2 N–H and O–H groups in total. The van der Waals surface area contributed by atoms with E-state index in [2.05, 4.69) is 0 Å². The number of fused-ring (bicyclic) bond motifs is 1. The SMILES string of the molecule is Nc1cc(Cl)c2sc(C=O)cc2c1. The van der Waals surface area contributed by atoms with Crippen LogP contribution in [0.5, 0.6) is 0 Å². The van der Waals surface area contributed by atoms with E-state index in [0.29, 0.717) is 15.6 Å². The van der Waals surface area contributed by atoms with Gasteiger partial charge in [-0.25, -0.2) is 0 Å². The second-order valence-corrected chi connectivity index (χ2v) is 4.18. The number of halogens is 1. The Hall–Kier alpha value is -1.06. The molecule has 1 aromatic heterocycles. The number of thiophene rings is 1. The summed E-state index contributed by atoms with van der Waals surface area (Å²) in [5, 5.41) is 1.53. The molecule has 13 heavy (non-hydrogen) atoms. The molecule has 0 aliphatic carbocycles. The molecule has 0 bridgehead atoms. The number of hydrogen-bond acceptors (Lipinski definition) is 3. The van der Waals surface area contributed by atoms with Gasteiger partial charge in [0.1, 0.15) is 0 Å². The molecule has 2 rings (SSSR count). The minimum atomic E-state index is 0.605. The average Bonchev–Trinajstić information content (AvgIpc) is 2.47. The summed E-state index contributed by atoms with van der Waals surface area (Å²) in [7, 11) is 0. The van der Waals surface area contributed by atoms with Crippen molar-refractivity contribution < 1.29 is 4.79 Å². The molecule has 0 fully saturated rings. The lowest BCUT2D eigenvalue weighted by Gasteiger charge is -1.95. The predicted octanol–water partition coefficient (Wildman–Crippen LogP) is 2.95. The third-order valence-corrected chi connectivity index (χ3v) is 3.25. The van der Waals surface area contributed by atoms with Gasteiger partial charge in [-0.3, -0.25) is 4.79 Å². The zero-order chi connectivity index (χ0) is 9.42. The Morgan fingerprint density at radius 3 is 2.85 bits per heavy atom. The molecule has 0 spiro atoms. The number of rotatable bonds is 1. The number of hydrogen-bond donors (Lipinski definition) is 1. The van der Waals surface area contributed by atoms with E-state index in [4.69, 9.17) is 17.3 Å². The van der Waals surface area contributed by atoms with Crippen molar-refractivity contribution in [3.63, 3.8) is 0 Å². The lowest BCUT2D eigenvalue weighted by molar-refractivity contribution is 0.112. The molecule has 0 amide bonds. The van der Waals surface area contributed by atoms with Gasteiger partial charge in [-0.1, -0.05) is 11.6 Å². The van der Waals surface area contributed by atoms with Crippen molar-refractivity contribution in [2.24, 2.45) is 0 Å². The number of nitrogens with two attached hydrogens (primary N) is 1. The smallest absolute Gasteiger partial charge is 0.160 e. The highest BCUT2D eigenvalue weighted by atomic mass is 35.5. The van der Waals surface area contributed by atoms with E-state index < -0.39 is 0 Å². The van der Waals surface area contributed by atoms with Crippen LogP contribution in [0.3, 0.4) is 0 Å². The highest BCUT2D eigenvalue weighted by Crippen LogP contribution is 2.33. The Kier molecular flexibility index (Phi) is 1.98. The summed E-state index contributed by atoms with van der Waals surface area (Å²) in [6.45, 7) is 0. The van der Waals surface area contributed by atoms with Crippen LogP contribution < -0.4 is 5.73 Å². The van der Waals surface area contributed by atoms with Crippen molar-refractivity contribution in [1.82, 2.24) is 0 Å². The van der Waals surface area contributed by atoms with Crippen molar-refractivity contribution in [3.8, 4) is 0 Å². The molecule has 0 aliphatic heterocycles. The Labute approximate surface area is 83.9 Å². The second kappa shape index (κ2) is 3.01. The van der Waals surface area contributed by atoms with Crippen molar-refractivity contribution in [1.29, 1.82) is 0 Å². The van der Waals surface area contributed by atoms with Gasteiger partial charge in [0.15, 0.2) is 6.29 Å². The molecule has 1 heterocycles. The molecule has 0 saturated heterocycles. The Morgan fingerprint density at radius 1 is 1.38 bits per heavy atom. The van der Waals surface area contributed by atoms with Gasteiger partial charge < -0.3 is 5.73 Å². The third-order valence-electron chi connectivity index (χ3n) is 1.73. The van der Waals surface area contributed by atoms with Crippen molar-refractivity contribution in [2.75, 3.05) is 5.73 Å². The highest BCUT2D eigenvalue weighted by molar-refractivity contribution is 7.21. The first-order valence-electron chi connectivity index (χ1n) is 3.64. The second-order valence-electron chi connectivity index (χ2n) is 2.69. The molecule has 2 aromatic rings. The lowest BCUT2D eigenvalue weighted by Crippen LogP contribution is -1.82. The van der Waals surface area contributed by atoms with Crippen molar-refractivity contribution in [2.45, 2.75) is 0 Å². The minimum absolute atomic E-state index is 0.605. The molecule has 0 saturated carbocycles. The Balaban J connectivity index is 2.82. The summed E-state index contributed by atoms with van der Waals surface area (Å²) < 4.78 is 0.915. The standard InChI is InChI=1S/C9H6ClNOS/c10-8-3-6(11)1-5-2-7(4-12)13-9(5)8/h1-4H,11H2. The molecule has 66 valence electrons. The maximum atomic E-state index is 10.5. The molecule has 2 nitrogen and oxygen atoms in total. The first-order valence-corrected chi connectivity index (χ1v) is 4.84. The number of carbonyl (C=O) groups is 1. The van der Waals surface area contributed by atoms with Crippen LogP contribution >= 0.6 is 22.9 Å². The van der Waals surface area contributed by atoms with Gasteiger partial charge in [0, 0.05) is 5.69 Å². The maximum Gasteiger partial charge on any atom is 0.160 e. The summed E-state index contributed by atoms with van der Waals surface area (Å²) in [5.41, 5.74) is 6.23. The first-order chi connectivity index (χ1) is 6.20. The summed E-state index contributed by atoms with van der Waals surface area (Å²) in [4.78, 5) is 11.2. The fourth-order valence-electron chi connectivity index (χ4n) is 1.21. The fraction of sp³-hybridized carbons (Fsp3) is 0. The van der Waals surface area contributed by atoms with E-state index in [1.807, 2.05) is 6.07 Å². The van der Waals surface area contributed by atoms with E-state index >= 15 is 0 Å². The van der Waals surface area contributed by atoms with Gasteiger partial charge in [-0.15, -0.1) is 11.3 Å². The van der Waals surface area contributed by atoms with E-state index in [9.17, 15) is 4.79 Å². The summed E-state index contributed by atoms with van der Waals surface area (Å²) >= 11 is 7.32. The Morgan fingerprint density at radius 2 is 2.15 bits per heavy atom. The molecule has 0 aliphatic rings. The fourth-order valence-corrected chi connectivity index (χ4v) is 2.42. The number of carbonyl (C=O) groups excluding carboxylic acids is 1. The summed E-state index contributed by atoms with van der Waals surface area (Å²) in [6, 6.07) is 5.29. The van der Waals surface area contributed by atoms with Crippen molar-refractivity contribution >= 4 is 45.0 Å². The Bertz CT molecular complexity index is 478. The van der Waals surface area contributed by atoms with Gasteiger partial charge in [0.2, 0.25) is 0 Å². The van der Waals surface area contributed by atoms with Crippen LogP contribution in [0.25, 0.3) is 10.1 Å². The van der Waals surface area contributed by atoms with Gasteiger partial charge in [-0.05, 0) is 23.6 Å². The quantitative estimate of drug-likeness (QED) is 0.582. The van der Waals surface area contributed by atoms with Crippen LogP contribution in [0.4, 0.5) is 5.69 Å².